The molecule has 4 rings (SSSR count). The summed E-state index contributed by atoms with van der Waals surface area (Å²) in [6.45, 7) is 7.89. The van der Waals surface area contributed by atoms with E-state index in [1.165, 1.54) is 22.1 Å². The van der Waals surface area contributed by atoms with Gasteiger partial charge in [-0.15, -0.1) is 0 Å². The number of aryl methyl sites for hydroxylation is 1. The van der Waals surface area contributed by atoms with Crippen LogP contribution in [-0.2, 0) is 23.6 Å². The van der Waals surface area contributed by atoms with Crippen LogP contribution in [0.5, 0.6) is 0 Å². The molecule has 1 aromatic carbocycles. The fourth-order valence-corrected chi connectivity index (χ4v) is 5.94. The van der Waals surface area contributed by atoms with Crippen molar-refractivity contribution in [3.8, 4) is 0 Å². The Morgan fingerprint density at radius 2 is 1.76 bits per heavy atom. The van der Waals surface area contributed by atoms with Gasteiger partial charge in [-0.25, -0.2) is 8.42 Å². The van der Waals surface area contributed by atoms with Crippen LogP contribution in [0.3, 0.4) is 0 Å². The van der Waals surface area contributed by atoms with E-state index in [2.05, 4.69) is 34.1 Å². The van der Waals surface area contributed by atoms with Crippen LogP contribution in [0.4, 0.5) is 0 Å². The van der Waals surface area contributed by atoms with Crippen molar-refractivity contribution in [3.63, 3.8) is 0 Å². The Labute approximate surface area is 195 Å². The van der Waals surface area contributed by atoms with E-state index in [0.717, 1.165) is 30.5 Å². The monoisotopic (exact) mass is 469 g/mol. The first-order valence-corrected chi connectivity index (χ1v) is 12.8. The number of piperazine rings is 1. The molecule has 2 aromatic heterocycles. The standard InChI is InChI=1S/C24H31N5O3S/c1-4-29(5-2)33(31,32)21-16-22(26(3)18-21)24(30)28-14-12-27(13-15-28)17-20-9-6-8-19-10-7-11-25-23(19)20/h6-11,16,18H,4-5,12-15,17H2,1-3H3. The summed E-state index contributed by atoms with van der Waals surface area (Å²) in [6.07, 6.45) is 3.35. The second kappa shape index (κ2) is 9.62. The molecular formula is C24H31N5O3S. The average Bonchev–Trinajstić information content (AvgIpc) is 3.22. The van der Waals surface area contributed by atoms with Crippen LogP contribution in [0.25, 0.3) is 10.9 Å². The van der Waals surface area contributed by atoms with E-state index < -0.39 is 10.0 Å². The van der Waals surface area contributed by atoms with Crippen molar-refractivity contribution in [1.82, 2.24) is 23.7 Å². The third kappa shape index (κ3) is 4.66. The number of hydrogen-bond acceptors (Lipinski definition) is 5. The number of fused-ring (bicyclic) bond motifs is 1. The maximum absolute atomic E-state index is 13.2. The molecule has 9 heteroatoms. The number of benzene rings is 1. The molecule has 1 amide bonds. The van der Waals surface area contributed by atoms with Gasteiger partial charge in [-0.1, -0.05) is 38.1 Å². The lowest BCUT2D eigenvalue weighted by Crippen LogP contribution is -2.48. The van der Waals surface area contributed by atoms with E-state index in [1.54, 1.807) is 16.5 Å². The van der Waals surface area contributed by atoms with Crippen molar-refractivity contribution >= 4 is 26.8 Å². The number of amides is 1. The minimum atomic E-state index is -3.60. The van der Waals surface area contributed by atoms with Gasteiger partial charge in [-0.3, -0.25) is 14.7 Å². The van der Waals surface area contributed by atoms with Crippen molar-refractivity contribution in [2.24, 2.45) is 7.05 Å². The summed E-state index contributed by atoms with van der Waals surface area (Å²) >= 11 is 0. The Balaban J connectivity index is 1.43. The largest absolute Gasteiger partial charge is 0.345 e. The van der Waals surface area contributed by atoms with Crippen molar-refractivity contribution in [2.75, 3.05) is 39.3 Å². The minimum Gasteiger partial charge on any atom is -0.345 e. The molecule has 0 atom stereocenters. The molecule has 3 heterocycles. The third-order valence-electron chi connectivity index (χ3n) is 6.31. The van der Waals surface area contributed by atoms with Crippen molar-refractivity contribution < 1.29 is 13.2 Å². The molecule has 0 aliphatic carbocycles. The van der Waals surface area contributed by atoms with Gasteiger partial charge in [-0.05, 0) is 17.7 Å². The van der Waals surface area contributed by atoms with Crippen molar-refractivity contribution in [2.45, 2.75) is 25.3 Å². The number of rotatable bonds is 7. The van der Waals surface area contributed by atoms with Gasteiger partial charge in [0.05, 0.1) is 5.52 Å². The van der Waals surface area contributed by atoms with E-state index in [1.807, 2.05) is 26.1 Å². The first-order chi connectivity index (χ1) is 15.8. The smallest absolute Gasteiger partial charge is 0.270 e. The van der Waals surface area contributed by atoms with Gasteiger partial charge in [0.2, 0.25) is 10.0 Å². The zero-order chi connectivity index (χ0) is 23.6. The zero-order valence-corrected chi connectivity index (χ0v) is 20.3. The predicted octanol–water partition coefficient (Wildman–Crippen LogP) is 2.56. The molecule has 176 valence electrons. The van der Waals surface area contributed by atoms with Crippen LogP contribution in [-0.4, -0.2) is 77.2 Å². The summed E-state index contributed by atoms with van der Waals surface area (Å²) in [5, 5.41) is 1.13. The summed E-state index contributed by atoms with van der Waals surface area (Å²) in [5.41, 5.74) is 2.60. The Hall–Kier alpha value is -2.75. The maximum Gasteiger partial charge on any atom is 0.270 e. The molecule has 0 bridgehead atoms. The highest BCUT2D eigenvalue weighted by atomic mass is 32.2. The van der Waals surface area contributed by atoms with Crippen LogP contribution in [0.15, 0.2) is 53.7 Å². The van der Waals surface area contributed by atoms with Gasteiger partial charge in [0, 0.05) is 70.6 Å². The number of carbonyl (C=O) groups excluding carboxylic acids is 1. The molecule has 1 fully saturated rings. The Kier molecular flexibility index (Phi) is 6.83. The van der Waals surface area contributed by atoms with Crippen molar-refractivity contribution in [1.29, 1.82) is 0 Å². The molecule has 1 aliphatic rings. The number of carbonyl (C=O) groups is 1. The lowest BCUT2D eigenvalue weighted by atomic mass is 10.1. The Morgan fingerprint density at radius 3 is 2.45 bits per heavy atom. The third-order valence-corrected chi connectivity index (χ3v) is 8.33. The van der Waals surface area contributed by atoms with Crippen LogP contribution in [0, 0.1) is 0 Å². The summed E-state index contributed by atoms with van der Waals surface area (Å²) < 4.78 is 28.7. The molecule has 0 spiro atoms. The topological polar surface area (TPSA) is 78.8 Å². The molecule has 33 heavy (non-hydrogen) atoms. The van der Waals surface area contributed by atoms with Gasteiger partial charge in [0.1, 0.15) is 10.6 Å². The molecule has 3 aromatic rings. The molecule has 1 saturated heterocycles. The first kappa shape index (κ1) is 23.4. The summed E-state index contributed by atoms with van der Waals surface area (Å²) in [4.78, 5) is 22.0. The Morgan fingerprint density at radius 1 is 1.06 bits per heavy atom. The second-order valence-corrected chi connectivity index (χ2v) is 10.3. The number of nitrogens with zero attached hydrogens (tertiary/aromatic N) is 5. The molecule has 0 radical (unpaired) electrons. The number of pyridine rings is 1. The van der Waals surface area contributed by atoms with Crippen molar-refractivity contribution in [3.05, 3.63) is 60.0 Å². The zero-order valence-electron chi connectivity index (χ0n) is 19.4. The van der Waals surface area contributed by atoms with Crippen LogP contribution >= 0.6 is 0 Å². The van der Waals surface area contributed by atoms with E-state index in [4.69, 9.17) is 0 Å². The van der Waals surface area contributed by atoms with E-state index in [9.17, 15) is 13.2 Å². The lowest BCUT2D eigenvalue weighted by molar-refractivity contribution is 0.0619. The van der Waals surface area contributed by atoms with Gasteiger partial charge in [-0.2, -0.15) is 4.31 Å². The SMILES string of the molecule is CCN(CC)S(=O)(=O)c1cc(C(=O)N2CCN(Cc3cccc4cccnc34)CC2)n(C)c1. The summed E-state index contributed by atoms with van der Waals surface area (Å²) in [6, 6.07) is 11.7. The molecular weight excluding hydrogens is 438 g/mol. The first-order valence-electron chi connectivity index (χ1n) is 11.4. The molecule has 0 N–H and O–H groups in total. The molecule has 1 aliphatic heterocycles. The summed E-state index contributed by atoms with van der Waals surface area (Å²) in [7, 11) is -1.88. The van der Waals surface area contributed by atoms with E-state index in [0.29, 0.717) is 31.9 Å². The quantitative estimate of drug-likeness (QED) is 0.531. The fraction of sp³-hybridized carbons (Fsp3) is 0.417. The highest BCUT2D eigenvalue weighted by Crippen LogP contribution is 2.21. The van der Waals surface area contributed by atoms with Crippen LogP contribution in [0.1, 0.15) is 29.9 Å². The number of hydrogen-bond donors (Lipinski definition) is 0. The molecule has 0 unspecified atom stereocenters. The molecule has 0 saturated carbocycles. The summed E-state index contributed by atoms with van der Waals surface area (Å²) in [5.74, 6) is -0.134. The highest BCUT2D eigenvalue weighted by molar-refractivity contribution is 7.89. The normalized spacial score (nSPS) is 15.5. The predicted molar refractivity (Wildman–Crippen MR) is 128 cm³/mol. The van der Waals surface area contributed by atoms with Gasteiger partial charge in [0.25, 0.3) is 5.91 Å². The Bertz CT molecular complexity index is 1240. The van der Waals surface area contributed by atoms with Crippen LogP contribution < -0.4 is 0 Å². The van der Waals surface area contributed by atoms with Gasteiger partial charge < -0.3 is 9.47 Å². The fourth-order valence-electron chi connectivity index (χ4n) is 4.41. The minimum absolute atomic E-state index is 0.134. The highest BCUT2D eigenvalue weighted by Gasteiger charge is 2.28. The lowest BCUT2D eigenvalue weighted by Gasteiger charge is -2.34. The number of para-hydroxylation sites is 1. The van der Waals surface area contributed by atoms with Gasteiger partial charge >= 0.3 is 0 Å². The second-order valence-electron chi connectivity index (χ2n) is 8.32. The van der Waals surface area contributed by atoms with Crippen LogP contribution in [0.2, 0.25) is 0 Å². The van der Waals surface area contributed by atoms with E-state index in [-0.39, 0.29) is 10.8 Å². The maximum atomic E-state index is 13.2. The van der Waals surface area contributed by atoms with Gasteiger partial charge in [0.15, 0.2) is 0 Å². The average molecular weight is 470 g/mol. The number of sulfonamides is 1. The molecule has 8 nitrogen and oxygen atoms in total. The number of aromatic nitrogens is 2. The van der Waals surface area contributed by atoms with E-state index >= 15 is 0 Å².